The van der Waals surface area contributed by atoms with Crippen LogP contribution in [0.15, 0.2) is 24.3 Å². The van der Waals surface area contributed by atoms with Gasteiger partial charge in [-0.25, -0.2) is 0 Å². The summed E-state index contributed by atoms with van der Waals surface area (Å²) in [6.45, 7) is 4.45. The fourth-order valence-electron chi connectivity index (χ4n) is 2.85. The van der Waals surface area contributed by atoms with Crippen LogP contribution >= 0.6 is 0 Å². The smallest absolute Gasteiger partial charge is 0.308 e. The van der Waals surface area contributed by atoms with Gasteiger partial charge in [0.1, 0.15) is 0 Å². The number of hydrogen-bond acceptors (Lipinski definition) is 2. The minimum absolute atomic E-state index is 0.0397. The van der Waals surface area contributed by atoms with E-state index in [0.29, 0.717) is 18.5 Å². The Morgan fingerprint density at radius 3 is 2.63 bits per heavy atom. The molecule has 1 aromatic carbocycles. The molecule has 0 aliphatic carbocycles. The average molecular weight is 261 g/mol. The summed E-state index contributed by atoms with van der Waals surface area (Å²) >= 11 is 0. The van der Waals surface area contributed by atoms with Crippen molar-refractivity contribution in [1.82, 2.24) is 4.90 Å². The fourth-order valence-corrected chi connectivity index (χ4v) is 2.85. The van der Waals surface area contributed by atoms with Gasteiger partial charge in [-0.2, -0.15) is 0 Å². The molecule has 1 aromatic rings. The van der Waals surface area contributed by atoms with Crippen molar-refractivity contribution >= 4 is 11.9 Å². The van der Waals surface area contributed by atoms with Crippen LogP contribution in [0.1, 0.15) is 48.7 Å². The molecule has 4 heteroatoms. The highest BCUT2D eigenvalue weighted by molar-refractivity contribution is 5.99. The van der Waals surface area contributed by atoms with Gasteiger partial charge in [0.2, 0.25) is 0 Å². The predicted molar refractivity (Wildman–Crippen MR) is 71.9 cm³/mol. The molecule has 2 atom stereocenters. The van der Waals surface area contributed by atoms with E-state index >= 15 is 0 Å². The van der Waals surface area contributed by atoms with Gasteiger partial charge in [-0.3, -0.25) is 9.59 Å². The monoisotopic (exact) mass is 261 g/mol. The maximum atomic E-state index is 12.4. The van der Waals surface area contributed by atoms with Gasteiger partial charge in [0.25, 0.3) is 5.91 Å². The maximum absolute atomic E-state index is 12.4. The van der Waals surface area contributed by atoms with Crippen LogP contribution in [0.4, 0.5) is 0 Å². The summed E-state index contributed by atoms with van der Waals surface area (Å²) in [5.74, 6) is -1.42. The Bertz CT molecular complexity index is 498. The van der Waals surface area contributed by atoms with Crippen LogP contribution in [0.3, 0.4) is 0 Å². The van der Waals surface area contributed by atoms with Gasteiger partial charge >= 0.3 is 5.97 Å². The van der Waals surface area contributed by atoms with Crippen molar-refractivity contribution < 1.29 is 14.7 Å². The van der Waals surface area contributed by atoms with Gasteiger partial charge in [-0.15, -0.1) is 0 Å². The van der Waals surface area contributed by atoms with Crippen LogP contribution in [0.2, 0.25) is 0 Å². The number of benzene rings is 1. The van der Waals surface area contributed by atoms with Crippen LogP contribution in [-0.4, -0.2) is 28.4 Å². The number of carbonyl (C=O) groups excluding carboxylic acids is 1. The van der Waals surface area contributed by atoms with E-state index in [2.05, 4.69) is 0 Å². The normalized spacial score (nSPS) is 19.4. The lowest BCUT2D eigenvalue weighted by molar-refractivity contribution is -0.144. The molecule has 1 aliphatic rings. The quantitative estimate of drug-likeness (QED) is 0.886. The fraction of sp³-hybridized carbons (Fsp3) is 0.467. The molecule has 0 aromatic heterocycles. The first-order chi connectivity index (χ1) is 9.11. The first-order valence-corrected chi connectivity index (χ1v) is 6.74. The van der Waals surface area contributed by atoms with Crippen molar-refractivity contribution in [3.63, 3.8) is 0 Å². The second kappa shape index (κ2) is 5.43. The minimum atomic E-state index is -0.835. The first kappa shape index (κ1) is 13.6. The second-order valence-corrected chi connectivity index (χ2v) is 4.88. The van der Waals surface area contributed by atoms with E-state index in [1.54, 1.807) is 11.0 Å². The highest BCUT2D eigenvalue weighted by atomic mass is 16.4. The Morgan fingerprint density at radius 1 is 1.37 bits per heavy atom. The average Bonchev–Trinajstić information content (AvgIpc) is 2.66. The van der Waals surface area contributed by atoms with Crippen molar-refractivity contribution in [1.29, 1.82) is 0 Å². The number of rotatable bonds is 5. The summed E-state index contributed by atoms with van der Waals surface area (Å²) < 4.78 is 0. The van der Waals surface area contributed by atoms with Crippen LogP contribution in [0.5, 0.6) is 0 Å². The van der Waals surface area contributed by atoms with E-state index in [-0.39, 0.29) is 11.9 Å². The molecular weight excluding hydrogens is 242 g/mol. The molecule has 1 aliphatic heterocycles. The first-order valence-electron chi connectivity index (χ1n) is 6.74. The molecule has 0 spiro atoms. The van der Waals surface area contributed by atoms with E-state index in [1.165, 1.54) is 0 Å². The molecule has 0 bridgehead atoms. The highest BCUT2D eigenvalue weighted by Crippen LogP contribution is 2.39. The molecule has 2 unspecified atom stereocenters. The van der Waals surface area contributed by atoms with Crippen molar-refractivity contribution in [2.75, 3.05) is 6.54 Å². The summed E-state index contributed by atoms with van der Waals surface area (Å²) in [7, 11) is 0. The molecular formula is C15H19NO3. The molecule has 4 nitrogen and oxygen atoms in total. The number of carbonyl (C=O) groups is 2. The predicted octanol–water partition coefficient (Wildman–Crippen LogP) is 2.70. The molecule has 102 valence electrons. The van der Waals surface area contributed by atoms with E-state index in [1.807, 2.05) is 32.0 Å². The van der Waals surface area contributed by atoms with Gasteiger partial charge in [0, 0.05) is 12.1 Å². The van der Waals surface area contributed by atoms with Gasteiger partial charge < -0.3 is 10.0 Å². The molecule has 2 rings (SSSR count). The Morgan fingerprint density at radius 2 is 2.05 bits per heavy atom. The summed E-state index contributed by atoms with van der Waals surface area (Å²) in [6.07, 6.45) is 1.34. The van der Waals surface area contributed by atoms with Gasteiger partial charge in [0.05, 0.1) is 12.0 Å². The van der Waals surface area contributed by atoms with Crippen molar-refractivity contribution in [2.45, 2.75) is 32.7 Å². The standard InChI is InChI=1S/C15H19NO3/c1-3-9-16-13(10(4-2)15(18)19)11-7-5-6-8-12(11)14(16)17/h5-8,10,13H,3-4,9H2,1-2H3,(H,18,19). The summed E-state index contributed by atoms with van der Waals surface area (Å²) in [4.78, 5) is 25.5. The number of amides is 1. The molecule has 1 amide bonds. The number of carboxylic acids is 1. The zero-order valence-electron chi connectivity index (χ0n) is 11.3. The molecule has 1 heterocycles. The number of nitrogens with zero attached hydrogens (tertiary/aromatic N) is 1. The summed E-state index contributed by atoms with van der Waals surface area (Å²) in [6, 6.07) is 7.02. The van der Waals surface area contributed by atoms with Gasteiger partial charge in [0.15, 0.2) is 0 Å². The Hall–Kier alpha value is -1.84. The lowest BCUT2D eigenvalue weighted by Gasteiger charge is -2.29. The molecule has 19 heavy (non-hydrogen) atoms. The zero-order valence-corrected chi connectivity index (χ0v) is 11.3. The van der Waals surface area contributed by atoms with Gasteiger partial charge in [-0.1, -0.05) is 32.0 Å². The summed E-state index contributed by atoms with van der Waals surface area (Å²) in [5, 5.41) is 9.39. The molecule has 1 N–H and O–H groups in total. The largest absolute Gasteiger partial charge is 0.481 e. The van der Waals surface area contributed by atoms with Crippen molar-refractivity contribution in [3.05, 3.63) is 35.4 Å². The van der Waals surface area contributed by atoms with Crippen LogP contribution < -0.4 is 0 Å². The number of fused-ring (bicyclic) bond motifs is 1. The topological polar surface area (TPSA) is 57.6 Å². The lowest BCUT2D eigenvalue weighted by atomic mass is 9.90. The number of hydrogen-bond donors (Lipinski definition) is 1. The molecule has 0 saturated carbocycles. The number of aliphatic carboxylic acids is 1. The maximum Gasteiger partial charge on any atom is 0.308 e. The van der Waals surface area contributed by atoms with E-state index in [9.17, 15) is 14.7 Å². The Balaban J connectivity index is 2.47. The Labute approximate surface area is 113 Å². The van der Waals surface area contributed by atoms with E-state index in [0.717, 1.165) is 12.0 Å². The van der Waals surface area contributed by atoms with Crippen LogP contribution in [0.25, 0.3) is 0 Å². The van der Waals surface area contributed by atoms with Crippen molar-refractivity contribution in [2.24, 2.45) is 5.92 Å². The highest BCUT2D eigenvalue weighted by Gasteiger charge is 2.42. The van der Waals surface area contributed by atoms with Crippen molar-refractivity contribution in [3.8, 4) is 0 Å². The van der Waals surface area contributed by atoms with E-state index < -0.39 is 11.9 Å². The Kier molecular flexibility index (Phi) is 3.88. The SMILES string of the molecule is CCCN1C(=O)c2ccccc2C1C(CC)C(=O)O. The third-order valence-electron chi connectivity index (χ3n) is 3.71. The minimum Gasteiger partial charge on any atom is -0.481 e. The summed E-state index contributed by atoms with van der Waals surface area (Å²) in [5.41, 5.74) is 1.51. The molecule has 0 fully saturated rings. The second-order valence-electron chi connectivity index (χ2n) is 4.88. The van der Waals surface area contributed by atoms with Crippen LogP contribution in [-0.2, 0) is 4.79 Å². The number of carboxylic acid groups (broad SMARTS) is 1. The van der Waals surface area contributed by atoms with Crippen LogP contribution in [0, 0.1) is 5.92 Å². The molecule has 0 saturated heterocycles. The third kappa shape index (κ3) is 2.23. The van der Waals surface area contributed by atoms with E-state index in [4.69, 9.17) is 0 Å². The van der Waals surface area contributed by atoms with Gasteiger partial charge in [-0.05, 0) is 24.5 Å². The lowest BCUT2D eigenvalue weighted by Crippen LogP contribution is -2.35. The molecule has 0 radical (unpaired) electrons. The third-order valence-corrected chi connectivity index (χ3v) is 3.71. The zero-order chi connectivity index (χ0) is 14.0.